The van der Waals surface area contributed by atoms with Gasteiger partial charge in [0, 0.05) is 26.1 Å². The third kappa shape index (κ3) is 3.76. The number of piperidine rings is 1. The van der Waals surface area contributed by atoms with Crippen LogP contribution >= 0.6 is 0 Å². The standard InChI is InChI=1S/C16H28N2O3/c1-12-2-6-16(11-17,7-3-12)15(21)18-8-4-13(5-9-18)10-14(19)20/h12-13H,2-11,17H2,1H3,(H,19,20). The van der Waals surface area contributed by atoms with E-state index in [1.807, 2.05) is 4.90 Å². The summed E-state index contributed by atoms with van der Waals surface area (Å²) >= 11 is 0. The number of aliphatic carboxylic acids is 1. The Morgan fingerprint density at radius 1 is 1.19 bits per heavy atom. The molecule has 0 aromatic rings. The molecule has 0 radical (unpaired) electrons. The number of rotatable bonds is 4. The maximum atomic E-state index is 12.9. The van der Waals surface area contributed by atoms with Crippen molar-refractivity contribution in [1.29, 1.82) is 0 Å². The molecule has 5 nitrogen and oxygen atoms in total. The lowest BCUT2D eigenvalue weighted by Gasteiger charge is -2.42. The molecule has 120 valence electrons. The Hall–Kier alpha value is -1.10. The minimum Gasteiger partial charge on any atom is -0.481 e. The molecule has 0 aromatic carbocycles. The molecule has 2 fully saturated rings. The second-order valence-corrected chi connectivity index (χ2v) is 7.00. The zero-order valence-electron chi connectivity index (χ0n) is 13.0. The highest BCUT2D eigenvalue weighted by atomic mass is 16.4. The molecule has 2 rings (SSSR count). The third-order valence-corrected chi connectivity index (χ3v) is 5.44. The maximum Gasteiger partial charge on any atom is 0.303 e. The average molecular weight is 296 g/mol. The lowest BCUT2D eigenvalue weighted by Crippen LogP contribution is -2.51. The monoisotopic (exact) mass is 296 g/mol. The van der Waals surface area contributed by atoms with Crippen molar-refractivity contribution in [2.24, 2.45) is 23.0 Å². The number of hydrogen-bond acceptors (Lipinski definition) is 3. The normalized spacial score (nSPS) is 31.1. The van der Waals surface area contributed by atoms with Gasteiger partial charge in [0.15, 0.2) is 0 Å². The van der Waals surface area contributed by atoms with Gasteiger partial charge >= 0.3 is 5.97 Å². The molecule has 2 aliphatic rings. The molecule has 1 saturated carbocycles. The van der Waals surface area contributed by atoms with E-state index >= 15 is 0 Å². The second-order valence-electron chi connectivity index (χ2n) is 7.00. The van der Waals surface area contributed by atoms with E-state index in [9.17, 15) is 9.59 Å². The number of carboxylic acids is 1. The van der Waals surface area contributed by atoms with E-state index in [2.05, 4.69) is 6.92 Å². The summed E-state index contributed by atoms with van der Waals surface area (Å²) in [4.78, 5) is 25.6. The number of carbonyl (C=O) groups excluding carboxylic acids is 1. The molecule has 5 heteroatoms. The number of hydrogen-bond donors (Lipinski definition) is 2. The van der Waals surface area contributed by atoms with E-state index in [1.165, 1.54) is 0 Å². The van der Waals surface area contributed by atoms with E-state index in [-0.39, 0.29) is 23.7 Å². The van der Waals surface area contributed by atoms with Crippen LogP contribution in [0.2, 0.25) is 0 Å². The van der Waals surface area contributed by atoms with Crippen molar-refractivity contribution in [1.82, 2.24) is 4.90 Å². The summed E-state index contributed by atoms with van der Waals surface area (Å²) < 4.78 is 0. The third-order valence-electron chi connectivity index (χ3n) is 5.44. The summed E-state index contributed by atoms with van der Waals surface area (Å²) in [6.07, 6.45) is 5.79. The van der Waals surface area contributed by atoms with Crippen LogP contribution < -0.4 is 5.73 Å². The average Bonchev–Trinajstić information content (AvgIpc) is 2.48. The molecule has 0 bridgehead atoms. The van der Waals surface area contributed by atoms with Gasteiger partial charge in [-0.1, -0.05) is 6.92 Å². The molecule has 1 saturated heterocycles. The highest BCUT2D eigenvalue weighted by Gasteiger charge is 2.42. The molecule has 0 spiro atoms. The summed E-state index contributed by atoms with van der Waals surface area (Å²) in [5.41, 5.74) is 5.60. The van der Waals surface area contributed by atoms with Gasteiger partial charge in [-0.25, -0.2) is 0 Å². The van der Waals surface area contributed by atoms with Crippen LogP contribution in [0.1, 0.15) is 51.9 Å². The molecule has 0 atom stereocenters. The molecule has 3 N–H and O–H groups in total. The van der Waals surface area contributed by atoms with Gasteiger partial charge in [0.05, 0.1) is 5.41 Å². The van der Waals surface area contributed by atoms with E-state index in [0.29, 0.717) is 25.6 Å². The van der Waals surface area contributed by atoms with Crippen molar-refractivity contribution in [2.45, 2.75) is 51.9 Å². The minimum absolute atomic E-state index is 0.214. The highest BCUT2D eigenvalue weighted by Crippen LogP contribution is 2.40. The van der Waals surface area contributed by atoms with Crippen molar-refractivity contribution in [3.05, 3.63) is 0 Å². The van der Waals surface area contributed by atoms with Crippen LogP contribution in [0.4, 0.5) is 0 Å². The first-order valence-electron chi connectivity index (χ1n) is 8.18. The summed E-state index contributed by atoms with van der Waals surface area (Å²) in [5.74, 6) is 0.385. The van der Waals surface area contributed by atoms with Crippen LogP contribution in [0.3, 0.4) is 0 Å². The molecular weight excluding hydrogens is 268 g/mol. The predicted molar refractivity (Wildman–Crippen MR) is 80.7 cm³/mol. The number of amides is 1. The Balaban J connectivity index is 1.92. The maximum absolute atomic E-state index is 12.9. The van der Waals surface area contributed by atoms with Crippen molar-refractivity contribution < 1.29 is 14.7 Å². The van der Waals surface area contributed by atoms with E-state index in [0.717, 1.165) is 38.5 Å². The second kappa shape index (κ2) is 6.77. The highest BCUT2D eigenvalue weighted by molar-refractivity contribution is 5.83. The first kappa shape index (κ1) is 16.3. The SMILES string of the molecule is CC1CCC(CN)(C(=O)N2CCC(CC(=O)O)CC2)CC1. The van der Waals surface area contributed by atoms with Crippen LogP contribution in [0.15, 0.2) is 0 Å². The number of nitrogens with zero attached hydrogens (tertiary/aromatic N) is 1. The van der Waals surface area contributed by atoms with Crippen LogP contribution in [-0.4, -0.2) is 41.5 Å². The fourth-order valence-corrected chi connectivity index (χ4v) is 3.74. The lowest BCUT2D eigenvalue weighted by molar-refractivity contribution is -0.146. The van der Waals surface area contributed by atoms with Crippen LogP contribution in [-0.2, 0) is 9.59 Å². The van der Waals surface area contributed by atoms with Gasteiger partial charge in [0.1, 0.15) is 0 Å². The Labute approximate surface area is 126 Å². The molecule has 0 unspecified atom stereocenters. The topological polar surface area (TPSA) is 83.6 Å². The number of carbonyl (C=O) groups is 2. The molecular formula is C16H28N2O3. The van der Waals surface area contributed by atoms with Crippen molar-refractivity contribution in [3.8, 4) is 0 Å². The van der Waals surface area contributed by atoms with Gasteiger partial charge < -0.3 is 15.7 Å². The van der Waals surface area contributed by atoms with Crippen LogP contribution in [0.5, 0.6) is 0 Å². The smallest absolute Gasteiger partial charge is 0.303 e. The number of nitrogens with two attached hydrogens (primary N) is 1. The van der Waals surface area contributed by atoms with E-state index in [1.54, 1.807) is 0 Å². The molecule has 1 aliphatic heterocycles. The first-order valence-corrected chi connectivity index (χ1v) is 8.18. The Kier molecular flexibility index (Phi) is 5.25. The lowest BCUT2D eigenvalue weighted by atomic mass is 9.69. The minimum atomic E-state index is -0.737. The largest absolute Gasteiger partial charge is 0.481 e. The Morgan fingerprint density at radius 2 is 1.76 bits per heavy atom. The molecule has 1 aliphatic carbocycles. The molecule has 1 amide bonds. The quantitative estimate of drug-likeness (QED) is 0.829. The summed E-state index contributed by atoms with van der Waals surface area (Å²) in [5, 5.41) is 8.85. The number of carboxylic acid groups (broad SMARTS) is 1. The van der Waals surface area contributed by atoms with E-state index < -0.39 is 5.97 Å². The zero-order valence-corrected chi connectivity index (χ0v) is 13.0. The number of likely N-dealkylation sites (tertiary alicyclic amines) is 1. The van der Waals surface area contributed by atoms with Crippen LogP contribution in [0.25, 0.3) is 0 Å². The van der Waals surface area contributed by atoms with Crippen molar-refractivity contribution in [2.75, 3.05) is 19.6 Å². The van der Waals surface area contributed by atoms with Crippen LogP contribution in [0, 0.1) is 17.3 Å². The van der Waals surface area contributed by atoms with Gasteiger partial charge in [-0.05, 0) is 50.4 Å². The fraction of sp³-hybridized carbons (Fsp3) is 0.875. The van der Waals surface area contributed by atoms with Gasteiger partial charge in [0.2, 0.25) is 5.91 Å². The molecule has 21 heavy (non-hydrogen) atoms. The Morgan fingerprint density at radius 3 is 2.24 bits per heavy atom. The van der Waals surface area contributed by atoms with Gasteiger partial charge in [-0.3, -0.25) is 9.59 Å². The summed E-state index contributed by atoms with van der Waals surface area (Å²) in [6, 6.07) is 0. The predicted octanol–water partition coefficient (Wildman–Crippen LogP) is 1.85. The Bertz CT molecular complexity index is 381. The van der Waals surface area contributed by atoms with E-state index in [4.69, 9.17) is 10.8 Å². The summed E-state index contributed by atoms with van der Waals surface area (Å²) in [7, 11) is 0. The summed E-state index contributed by atoms with van der Waals surface area (Å²) in [6.45, 7) is 4.05. The fourth-order valence-electron chi connectivity index (χ4n) is 3.74. The first-order chi connectivity index (χ1) is 9.97. The molecule has 0 aromatic heterocycles. The zero-order chi connectivity index (χ0) is 15.5. The van der Waals surface area contributed by atoms with Gasteiger partial charge in [0.25, 0.3) is 0 Å². The van der Waals surface area contributed by atoms with Crippen molar-refractivity contribution >= 4 is 11.9 Å². The van der Waals surface area contributed by atoms with Gasteiger partial charge in [-0.15, -0.1) is 0 Å². The molecule has 1 heterocycles. The van der Waals surface area contributed by atoms with Crippen molar-refractivity contribution in [3.63, 3.8) is 0 Å². The van der Waals surface area contributed by atoms with Gasteiger partial charge in [-0.2, -0.15) is 0 Å².